The summed E-state index contributed by atoms with van der Waals surface area (Å²) in [6.45, 7) is 1.79. The lowest BCUT2D eigenvalue weighted by Crippen LogP contribution is -2.15. The van der Waals surface area contributed by atoms with Crippen molar-refractivity contribution in [3.05, 3.63) is 102 Å². The van der Waals surface area contributed by atoms with Gasteiger partial charge in [0, 0.05) is 22.2 Å². The number of hydrogen-bond donors (Lipinski definition) is 3. The summed E-state index contributed by atoms with van der Waals surface area (Å²) in [5.41, 5.74) is 3.49. The fourth-order valence-electron chi connectivity index (χ4n) is 3.71. The maximum absolute atomic E-state index is 12.9. The van der Waals surface area contributed by atoms with Crippen molar-refractivity contribution in [2.24, 2.45) is 0 Å². The van der Waals surface area contributed by atoms with E-state index in [9.17, 15) is 9.59 Å². The molecule has 2 aromatic heterocycles. The Bertz CT molecular complexity index is 1450. The molecule has 1 atom stereocenters. The number of nitrogens with zero attached hydrogens (tertiary/aromatic N) is 1. The van der Waals surface area contributed by atoms with Crippen LogP contribution in [0, 0.1) is 0 Å². The van der Waals surface area contributed by atoms with Crippen molar-refractivity contribution >= 4 is 45.1 Å². The highest BCUT2D eigenvalue weighted by atomic mass is 32.1. The van der Waals surface area contributed by atoms with E-state index in [-0.39, 0.29) is 5.91 Å². The van der Waals surface area contributed by atoms with Crippen molar-refractivity contribution in [1.82, 2.24) is 9.97 Å². The zero-order valence-electron chi connectivity index (χ0n) is 18.8. The quantitative estimate of drug-likeness (QED) is 0.246. The molecule has 2 amide bonds. The predicted octanol–water partition coefficient (Wildman–Crippen LogP) is 6.85. The molecule has 174 valence electrons. The van der Waals surface area contributed by atoms with E-state index in [4.69, 9.17) is 4.74 Å². The highest BCUT2D eigenvalue weighted by Crippen LogP contribution is 2.37. The van der Waals surface area contributed by atoms with E-state index in [2.05, 4.69) is 20.6 Å². The number of thiazole rings is 1. The molecule has 0 fully saturated rings. The van der Waals surface area contributed by atoms with Crippen molar-refractivity contribution in [2.75, 3.05) is 10.6 Å². The average molecular weight is 483 g/mol. The van der Waals surface area contributed by atoms with E-state index in [1.54, 1.807) is 25.1 Å². The van der Waals surface area contributed by atoms with Crippen molar-refractivity contribution in [2.45, 2.75) is 13.0 Å². The van der Waals surface area contributed by atoms with Gasteiger partial charge in [-0.3, -0.25) is 15.4 Å². The molecule has 3 N–H and O–H groups in total. The summed E-state index contributed by atoms with van der Waals surface area (Å²) in [7, 11) is 0. The van der Waals surface area contributed by atoms with Gasteiger partial charge < -0.3 is 9.72 Å². The summed E-state index contributed by atoms with van der Waals surface area (Å²) < 4.78 is 5.65. The van der Waals surface area contributed by atoms with E-state index < -0.39 is 12.2 Å². The van der Waals surface area contributed by atoms with Gasteiger partial charge in [-0.25, -0.2) is 9.78 Å². The maximum atomic E-state index is 12.9. The number of H-pyrrole nitrogens is 1. The minimum atomic E-state index is -0.592. The van der Waals surface area contributed by atoms with Crippen LogP contribution in [0.5, 0.6) is 0 Å². The SMILES string of the molecule is CC(OC(=O)Nc1ccccc1)c1sc(NC(=O)c2cc3ccccc3[nH]2)nc1-c1ccccc1. The van der Waals surface area contributed by atoms with E-state index >= 15 is 0 Å². The zero-order valence-corrected chi connectivity index (χ0v) is 19.6. The van der Waals surface area contributed by atoms with Gasteiger partial charge in [0.05, 0.1) is 10.6 Å². The van der Waals surface area contributed by atoms with Crippen LogP contribution in [0.25, 0.3) is 22.2 Å². The normalized spacial score (nSPS) is 11.7. The third kappa shape index (κ3) is 5.07. The predicted molar refractivity (Wildman–Crippen MR) is 139 cm³/mol. The minimum absolute atomic E-state index is 0.295. The van der Waals surface area contributed by atoms with E-state index in [0.717, 1.165) is 21.3 Å². The largest absolute Gasteiger partial charge is 0.440 e. The van der Waals surface area contributed by atoms with Gasteiger partial charge >= 0.3 is 6.09 Å². The van der Waals surface area contributed by atoms with Crippen LogP contribution >= 0.6 is 11.3 Å². The highest BCUT2D eigenvalue weighted by molar-refractivity contribution is 7.16. The number of amides is 2. The summed E-state index contributed by atoms with van der Waals surface area (Å²) in [6, 6.07) is 28.2. The second-order valence-electron chi connectivity index (χ2n) is 7.86. The Hall–Kier alpha value is -4.43. The Morgan fingerprint density at radius 2 is 1.60 bits per heavy atom. The number of hydrogen-bond acceptors (Lipinski definition) is 5. The second kappa shape index (κ2) is 9.82. The lowest BCUT2D eigenvalue weighted by molar-refractivity contribution is 0.102. The number of anilines is 2. The first-order valence-corrected chi connectivity index (χ1v) is 11.9. The first-order valence-electron chi connectivity index (χ1n) is 11.0. The van der Waals surface area contributed by atoms with E-state index in [0.29, 0.717) is 22.2 Å². The van der Waals surface area contributed by atoms with Crippen LogP contribution in [0.4, 0.5) is 15.6 Å². The number of para-hydroxylation sites is 2. The topological polar surface area (TPSA) is 96.1 Å². The molecule has 5 aromatic rings. The molecule has 8 heteroatoms. The van der Waals surface area contributed by atoms with Crippen molar-refractivity contribution in [3.63, 3.8) is 0 Å². The number of rotatable bonds is 6. The standard InChI is InChI=1S/C27H22N4O3S/c1-17(34-27(33)28-20-13-6-3-7-14-20)24-23(18-10-4-2-5-11-18)30-26(35-24)31-25(32)22-16-19-12-8-9-15-21(19)29-22/h2-17,29H,1H3,(H,28,33)(H,30,31,32). The van der Waals surface area contributed by atoms with Crippen molar-refractivity contribution in [3.8, 4) is 11.3 Å². The van der Waals surface area contributed by atoms with Crippen LogP contribution in [0.1, 0.15) is 28.4 Å². The third-order valence-corrected chi connectivity index (χ3v) is 6.50. The van der Waals surface area contributed by atoms with Gasteiger partial charge in [0.25, 0.3) is 5.91 Å². The molecule has 0 radical (unpaired) electrons. The molecule has 0 aliphatic rings. The Morgan fingerprint density at radius 1 is 0.914 bits per heavy atom. The van der Waals surface area contributed by atoms with Gasteiger partial charge in [-0.2, -0.15) is 0 Å². The number of ether oxygens (including phenoxy) is 1. The van der Waals surface area contributed by atoms with Crippen LogP contribution in [0.15, 0.2) is 91.0 Å². The Kier molecular flexibility index (Phi) is 6.28. The molecule has 0 aliphatic heterocycles. The van der Waals surface area contributed by atoms with Gasteiger partial charge in [0.15, 0.2) is 5.13 Å². The molecule has 5 rings (SSSR count). The van der Waals surface area contributed by atoms with Crippen LogP contribution in [0.2, 0.25) is 0 Å². The summed E-state index contributed by atoms with van der Waals surface area (Å²) in [5.74, 6) is -0.295. The lowest BCUT2D eigenvalue weighted by Gasteiger charge is -2.14. The van der Waals surface area contributed by atoms with Gasteiger partial charge in [0.2, 0.25) is 0 Å². The lowest BCUT2D eigenvalue weighted by atomic mass is 10.1. The Balaban J connectivity index is 1.39. The molecule has 0 bridgehead atoms. The highest BCUT2D eigenvalue weighted by Gasteiger charge is 2.23. The number of nitrogens with one attached hydrogen (secondary N) is 3. The van der Waals surface area contributed by atoms with E-state index in [1.165, 1.54) is 11.3 Å². The van der Waals surface area contributed by atoms with Crippen molar-refractivity contribution in [1.29, 1.82) is 0 Å². The number of aromatic amines is 1. The zero-order chi connectivity index (χ0) is 24.2. The molecule has 0 aliphatic carbocycles. The number of carbonyl (C=O) groups is 2. The first-order chi connectivity index (χ1) is 17.1. The number of benzene rings is 3. The summed E-state index contributed by atoms with van der Waals surface area (Å²) >= 11 is 1.28. The van der Waals surface area contributed by atoms with E-state index in [1.807, 2.05) is 72.8 Å². The number of aromatic nitrogens is 2. The van der Waals surface area contributed by atoms with Crippen LogP contribution in [0.3, 0.4) is 0 Å². The maximum Gasteiger partial charge on any atom is 0.412 e. The first kappa shape index (κ1) is 22.4. The average Bonchev–Trinajstić information content (AvgIpc) is 3.50. The summed E-state index contributed by atoms with van der Waals surface area (Å²) in [4.78, 5) is 33.9. The smallest absolute Gasteiger partial charge is 0.412 e. The molecular weight excluding hydrogens is 460 g/mol. The van der Waals surface area contributed by atoms with Gasteiger partial charge in [-0.1, -0.05) is 78.1 Å². The molecule has 35 heavy (non-hydrogen) atoms. The van der Waals surface area contributed by atoms with Crippen LogP contribution in [-0.4, -0.2) is 22.0 Å². The van der Waals surface area contributed by atoms with Crippen molar-refractivity contribution < 1.29 is 14.3 Å². The molecule has 0 saturated carbocycles. The summed E-state index contributed by atoms with van der Waals surface area (Å²) in [6.07, 6.45) is -1.16. The molecule has 0 spiro atoms. The van der Waals surface area contributed by atoms with Gasteiger partial charge in [-0.15, -0.1) is 0 Å². The third-order valence-electron chi connectivity index (χ3n) is 5.37. The second-order valence-corrected chi connectivity index (χ2v) is 8.89. The molecule has 2 heterocycles. The Labute approximate surface area is 205 Å². The fourth-order valence-corrected chi connectivity index (χ4v) is 4.67. The minimum Gasteiger partial charge on any atom is -0.440 e. The molecule has 0 saturated heterocycles. The molecular formula is C27H22N4O3S. The molecule has 7 nitrogen and oxygen atoms in total. The fraction of sp³-hybridized carbons (Fsp3) is 0.0741. The number of carbonyl (C=O) groups excluding carboxylic acids is 2. The monoisotopic (exact) mass is 482 g/mol. The van der Waals surface area contributed by atoms with Gasteiger partial charge in [-0.05, 0) is 31.2 Å². The van der Waals surface area contributed by atoms with Crippen LogP contribution in [-0.2, 0) is 4.74 Å². The summed E-state index contributed by atoms with van der Waals surface area (Å²) in [5, 5.41) is 6.97. The molecule has 3 aromatic carbocycles. The van der Waals surface area contributed by atoms with Crippen LogP contribution < -0.4 is 10.6 Å². The number of fused-ring (bicyclic) bond motifs is 1. The molecule has 1 unspecified atom stereocenters. The van der Waals surface area contributed by atoms with Gasteiger partial charge in [0.1, 0.15) is 11.8 Å². The Morgan fingerprint density at radius 3 is 2.34 bits per heavy atom.